The second kappa shape index (κ2) is 6.76. The van der Waals surface area contributed by atoms with Gasteiger partial charge in [0.2, 0.25) is 0 Å². The zero-order valence-electron chi connectivity index (χ0n) is 12.3. The highest BCUT2D eigenvalue weighted by atomic mass is 32.1. The molecular weight excluding hydrogens is 332 g/mol. The summed E-state index contributed by atoms with van der Waals surface area (Å²) in [4.78, 5) is 25.0. The molecule has 3 aromatic heterocycles. The maximum atomic E-state index is 12.3. The Morgan fingerprint density at radius 2 is 2.09 bits per heavy atom. The summed E-state index contributed by atoms with van der Waals surface area (Å²) in [7, 11) is 1.82. The molecule has 118 valence electrons. The van der Waals surface area contributed by atoms with Crippen molar-refractivity contribution >= 4 is 39.5 Å². The lowest BCUT2D eigenvalue weighted by atomic mass is 10.2. The fourth-order valence-electron chi connectivity index (χ4n) is 2.00. The number of thiophene rings is 2. The van der Waals surface area contributed by atoms with Gasteiger partial charge in [0.25, 0.3) is 11.8 Å². The third-order valence-electron chi connectivity index (χ3n) is 3.09. The number of anilines is 1. The molecule has 0 aromatic carbocycles. The summed E-state index contributed by atoms with van der Waals surface area (Å²) in [5.41, 5.74) is 1.38. The molecule has 0 aliphatic rings. The van der Waals surface area contributed by atoms with Crippen LogP contribution in [-0.2, 0) is 13.6 Å². The number of carbonyl (C=O) groups excluding carboxylic acids is 2. The molecule has 2 amide bonds. The van der Waals surface area contributed by atoms with Crippen molar-refractivity contribution in [3.63, 3.8) is 0 Å². The van der Waals surface area contributed by atoms with Crippen LogP contribution >= 0.6 is 22.7 Å². The van der Waals surface area contributed by atoms with Crippen molar-refractivity contribution in [2.45, 2.75) is 6.54 Å². The summed E-state index contributed by atoms with van der Waals surface area (Å²) in [6.07, 6.45) is 3.54. The molecule has 0 unspecified atom stereocenters. The number of hydrogen-bond acceptors (Lipinski definition) is 5. The third-order valence-corrected chi connectivity index (χ3v) is 4.79. The van der Waals surface area contributed by atoms with Gasteiger partial charge in [0.05, 0.1) is 16.6 Å². The molecule has 23 heavy (non-hydrogen) atoms. The standard InChI is InChI=1S/C15H14N4O2S2/c1-19-9-10(8-17-19)7-16-13(20)11-4-6-23-15(11)18-14(21)12-3-2-5-22-12/h2-6,8-9H,7H2,1H3,(H,16,20)(H,18,21). The Morgan fingerprint density at radius 1 is 1.22 bits per heavy atom. The first kappa shape index (κ1) is 15.4. The van der Waals surface area contributed by atoms with E-state index in [1.807, 2.05) is 24.7 Å². The van der Waals surface area contributed by atoms with Crippen LogP contribution in [0.1, 0.15) is 25.6 Å². The first-order chi connectivity index (χ1) is 11.1. The minimum absolute atomic E-state index is 0.205. The minimum Gasteiger partial charge on any atom is -0.348 e. The minimum atomic E-state index is -0.225. The fourth-order valence-corrected chi connectivity index (χ4v) is 3.40. The Morgan fingerprint density at radius 3 is 2.78 bits per heavy atom. The molecule has 0 radical (unpaired) electrons. The van der Waals surface area contributed by atoms with E-state index in [2.05, 4.69) is 15.7 Å². The van der Waals surface area contributed by atoms with E-state index in [0.717, 1.165) is 5.56 Å². The number of nitrogens with one attached hydrogen (secondary N) is 2. The topological polar surface area (TPSA) is 76.0 Å². The average molecular weight is 346 g/mol. The summed E-state index contributed by atoms with van der Waals surface area (Å²) in [6.45, 7) is 0.390. The van der Waals surface area contributed by atoms with Gasteiger partial charge in [-0.15, -0.1) is 22.7 Å². The van der Waals surface area contributed by atoms with Crippen molar-refractivity contribution in [3.05, 3.63) is 57.4 Å². The van der Waals surface area contributed by atoms with Crippen molar-refractivity contribution in [1.29, 1.82) is 0 Å². The fraction of sp³-hybridized carbons (Fsp3) is 0.133. The van der Waals surface area contributed by atoms with Crippen LogP contribution in [0.25, 0.3) is 0 Å². The van der Waals surface area contributed by atoms with Crippen LogP contribution < -0.4 is 10.6 Å². The largest absolute Gasteiger partial charge is 0.348 e. The van der Waals surface area contributed by atoms with Crippen LogP contribution in [0.5, 0.6) is 0 Å². The lowest BCUT2D eigenvalue weighted by Crippen LogP contribution is -2.23. The molecule has 0 spiro atoms. The lowest BCUT2D eigenvalue weighted by molar-refractivity contribution is 0.0952. The number of rotatable bonds is 5. The van der Waals surface area contributed by atoms with Crippen molar-refractivity contribution in [1.82, 2.24) is 15.1 Å². The van der Waals surface area contributed by atoms with E-state index in [9.17, 15) is 9.59 Å². The molecule has 2 N–H and O–H groups in total. The number of carbonyl (C=O) groups is 2. The maximum Gasteiger partial charge on any atom is 0.266 e. The molecule has 3 rings (SSSR count). The van der Waals surface area contributed by atoms with E-state index in [1.165, 1.54) is 22.7 Å². The van der Waals surface area contributed by atoms with Crippen molar-refractivity contribution < 1.29 is 9.59 Å². The van der Waals surface area contributed by atoms with Crippen molar-refractivity contribution in [2.24, 2.45) is 7.05 Å². The Bertz CT molecular complexity index is 820. The molecular formula is C15H14N4O2S2. The van der Waals surface area contributed by atoms with Crippen LogP contribution in [0, 0.1) is 0 Å². The Kier molecular flexibility index (Phi) is 4.54. The van der Waals surface area contributed by atoms with Crippen molar-refractivity contribution in [3.8, 4) is 0 Å². The zero-order chi connectivity index (χ0) is 16.2. The molecule has 0 atom stereocenters. The summed E-state index contributed by atoms with van der Waals surface area (Å²) in [6, 6.07) is 5.26. The molecule has 0 saturated heterocycles. The monoisotopic (exact) mass is 346 g/mol. The van der Waals surface area contributed by atoms with Gasteiger partial charge in [0, 0.05) is 25.4 Å². The van der Waals surface area contributed by atoms with Gasteiger partial charge >= 0.3 is 0 Å². The first-order valence-electron chi connectivity index (χ1n) is 6.81. The first-order valence-corrected chi connectivity index (χ1v) is 8.57. The second-order valence-corrected chi connectivity index (χ2v) is 6.66. The predicted molar refractivity (Wildman–Crippen MR) is 91.0 cm³/mol. The highest BCUT2D eigenvalue weighted by Crippen LogP contribution is 2.24. The predicted octanol–water partition coefficient (Wildman–Crippen LogP) is 2.73. The maximum absolute atomic E-state index is 12.3. The SMILES string of the molecule is Cn1cc(CNC(=O)c2ccsc2NC(=O)c2cccs2)cn1. The number of amides is 2. The molecule has 0 bridgehead atoms. The zero-order valence-corrected chi connectivity index (χ0v) is 13.9. The van der Waals surface area contributed by atoms with Crippen LogP contribution in [0.2, 0.25) is 0 Å². The second-order valence-electron chi connectivity index (χ2n) is 4.80. The summed E-state index contributed by atoms with van der Waals surface area (Å²) in [5, 5.41) is 13.8. The Hall–Kier alpha value is -2.45. The Labute approximate surface area is 140 Å². The smallest absolute Gasteiger partial charge is 0.266 e. The Balaban J connectivity index is 1.65. The summed E-state index contributed by atoms with van der Waals surface area (Å²) >= 11 is 2.68. The molecule has 8 heteroatoms. The molecule has 0 aliphatic carbocycles. The summed E-state index contributed by atoms with van der Waals surface area (Å²) < 4.78 is 1.68. The lowest BCUT2D eigenvalue weighted by Gasteiger charge is -2.06. The van der Waals surface area contributed by atoms with Crippen LogP contribution in [0.3, 0.4) is 0 Å². The number of hydrogen-bond donors (Lipinski definition) is 2. The number of aryl methyl sites for hydroxylation is 1. The van der Waals surface area contributed by atoms with Gasteiger partial charge < -0.3 is 10.6 Å². The van der Waals surface area contributed by atoms with Gasteiger partial charge in [-0.25, -0.2) is 0 Å². The third kappa shape index (κ3) is 3.66. The molecule has 0 saturated carbocycles. The molecule has 0 aliphatic heterocycles. The van der Waals surface area contributed by atoms with Gasteiger partial charge in [0.15, 0.2) is 0 Å². The van der Waals surface area contributed by atoms with Crippen molar-refractivity contribution in [2.75, 3.05) is 5.32 Å². The van der Waals surface area contributed by atoms with Gasteiger partial charge in [-0.05, 0) is 22.9 Å². The van der Waals surface area contributed by atoms with E-state index in [1.54, 1.807) is 28.4 Å². The average Bonchev–Trinajstić information content (AvgIpc) is 3.26. The molecule has 0 fully saturated rings. The molecule has 3 aromatic rings. The number of aromatic nitrogens is 2. The van der Waals surface area contributed by atoms with Gasteiger partial charge in [-0.2, -0.15) is 5.10 Å². The molecule has 6 nitrogen and oxygen atoms in total. The molecule has 3 heterocycles. The van der Waals surface area contributed by atoms with Crippen LogP contribution in [0.15, 0.2) is 41.4 Å². The van der Waals surface area contributed by atoms with Crippen LogP contribution in [-0.4, -0.2) is 21.6 Å². The van der Waals surface area contributed by atoms with E-state index in [-0.39, 0.29) is 11.8 Å². The van der Waals surface area contributed by atoms with E-state index in [0.29, 0.717) is 22.0 Å². The highest BCUT2D eigenvalue weighted by molar-refractivity contribution is 7.15. The highest BCUT2D eigenvalue weighted by Gasteiger charge is 2.16. The van der Waals surface area contributed by atoms with Gasteiger partial charge in [0.1, 0.15) is 5.00 Å². The quantitative estimate of drug-likeness (QED) is 0.746. The van der Waals surface area contributed by atoms with Gasteiger partial charge in [-0.3, -0.25) is 14.3 Å². The van der Waals surface area contributed by atoms with E-state index >= 15 is 0 Å². The number of nitrogens with zero attached hydrogens (tertiary/aromatic N) is 2. The van der Waals surface area contributed by atoms with Gasteiger partial charge in [-0.1, -0.05) is 6.07 Å². The van der Waals surface area contributed by atoms with Crippen LogP contribution in [0.4, 0.5) is 5.00 Å². The summed E-state index contributed by atoms with van der Waals surface area (Å²) in [5.74, 6) is -0.430. The van der Waals surface area contributed by atoms with E-state index in [4.69, 9.17) is 0 Å². The van der Waals surface area contributed by atoms with E-state index < -0.39 is 0 Å². The normalized spacial score (nSPS) is 10.5.